The van der Waals surface area contributed by atoms with Gasteiger partial charge in [0.15, 0.2) is 0 Å². The van der Waals surface area contributed by atoms with Crippen molar-refractivity contribution >= 4 is 5.97 Å². The number of aromatic carboxylic acids is 1. The average molecular weight is 219 g/mol. The van der Waals surface area contributed by atoms with Crippen molar-refractivity contribution in [2.45, 2.75) is 6.42 Å². The molecule has 0 radical (unpaired) electrons. The summed E-state index contributed by atoms with van der Waals surface area (Å²) in [5.41, 5.74) is 6.16. The maximum atomic E-state index is 10.8. The van der Waals surface area contributed by atoms with Gasteiger partial charge in [-0.3, -0.25) is 0 Å². The van der Waals surface area contributed by atoms with Gasteiger partial charge in [-0.25, -0.2) is 4.79 Å². The Labute approximate surface area is 94.0 Å². The molecule has 0 amide bonds. The molecule has 4 heteroatoms. The first-order valence-corrected chi connectivity index (χ1v) is 4.79. The third-order valence-corrected chi connectivity index (χ3v) is 1.93. The molecule has 16 heavy (non-hydrogen) atoms. The monoisotopic (exact) mass is 219 g/mol. The molecule has 0 saturated heterocycles. The van der Waals surface area contributed by atoms with Gasteiger partial charge in [-0.15, -0.1) is 0 Å². The van der Waals surface area contributed by atoms with Gasteiger partial charge in [-0.05, 0) is 18.2 Å². The van der Waals surface area contributed by atoms with E-state index in [9.17, 15) is 4.79 Å². The molecule has 0 aliphatic rings. The van der Waals surface area contributed by atoms with Crippen LogP contribution in [0.3, 0.4) is 0 Å². The number of methoxy groups -OCH3 is 1. The van der Waals surface area contributed by atoms with E-state index in [0.717, 1.165) is 5.56 Å². The number of carboxylic acids is 1. The fourth-order valence-corrected chi connectivity index (χ4v) is 1.18. The van der Waals surface area contributed by atoms with E-state index in [1.165, 1.54) is 13.2 Å². The van der Waals surface area contributed by atoms with Gasteiger partial charge in [0.05, 0.1) is 7.11 Å². The van der Waals surface area contributed by atoms with Crippen LogP contribution in [0.4, 0.5) is 0 Å². The average Bonchev–Trinajstić information content (AvgIpc) is 2.29. The second-order valence-corrected chi connectivity index (χ2v) is 3.06. The smallest absolute Gasteiger partial charge is 0.339 e. The highest BCUT2D eigenvalue weighted by Crippen LogP contribution is 2.19. The van der Waals surface area contributed by atoms with Crippen molar-refractivity contribution in [3.05, 3.63) is 29.3 Å². The van der Waals surface area contributed by atoms with Crippen LogP contribution in [-0.4, -0.2) is 24.7 Å². The third kappa shape index (κ3) is 3.01. The Balaban J connectivity index is 3.01. The summed E-state index contributed by atoms with van der Waals surface area (Å²) >= 11 is 0. The molecule has 0 aliphatic carbocycles. The molecule has 0 aromatic heterocycles. The topological polar surface area (TPSA) is 72.5 Å². The number of benzene rings is 1. The summed E-state index contributed by atoms with van der Waals surface area (Å²) in [5, 5.41) is 8.87. The number of hydrogen-bond donors (Lipinski definition) is 2. The van der Waals surface area contributed by atoms with Crippen LogP contribution >= 0.6 is 0 Å². The summed E-state index contributed by atoms with van der Waals surface area (Å²) in [7, 11) is 1.43. The molecule has 0 heterocycles. The molecule has 1 aromatic carbocycles. The molecule has 84 valence electrons. The summed E-state index contributed by atoms with van der Waals surface area (Å²) in [6.45, 7) is 0.511. The molecule has 0 bridgehead atoms. The van der Waals surface area contributed by atoms with Crippen molar-refractivity contribution in [2.24, 2.45) is 5.73 Å². The lowest BCUT2D eigenvalue weighted by atomic mass is 10.1. The predicted octanol–water partition coefficient (Wildman–Crippen LogP) is 1.09. The normalized spacial score (nSPS) is 9.12. The van der Waals surface area contributed by atoms with E-state index in [4.69, 9.17) is 15.6 Å². The maximum Gasteiger partial charge on any atom is 0.339 e. The molecular formula is C12H13NO3. The Hall–Kier alpha value is -1.99. The van der Waals surface area contributed by atoms with Gasteiger partial charge in [0.2, 0.25) is 0 Å². The Morgan fingerprint density at radius 2 is 2.31 bits per heavy atom. The highest BCUT2D eigenvalue weighted by molar-refractivity contribution is 5.91. The van der Waals surface area contributed by atoms with Crippen molar-refractivity contribution in [1.82, 2.24) is 0 Å². The van der Waals surface area contributed by atoms with Crippen LogP contribution in [-0.2, 0) is 0 Å². The van der Waals surface area contributed by atoms with Crippen molar-refractivity contribution in [3.8, 4) is 17.6 Å². The molecule has 0 fully saturated rings. The van der Waals surface area contributed by atoms with Crippen LogP contribution in [0.15, 0.2) is 18.2 Å². The molecule has 0 atom stereocenters. The largest absolute Gasteiger partial charge is 0.496 e. The molecule has 0 spiro atoms. The molecular weight excluding hydrogens is 206 g/mol. The minimum absolute atomic E-state index is 0.131. The van der Waals surface area contributed by atoms with E-state index in [0.29, 0.717) is 18.7 Å². The van der Waals surface area contributed by atoms with Gasteiger partial charge in [0, 0.05) is 18.5 Å². The van der Waals surface area contributed by atoms with Gasteiger partial charge in [-0.2, -0.15) is 0 Å². The first kappa shape index (κ1) is 12.1. The second kappa shape index (κ2) is 5.79. The van der Waals surface area contributed by atoms with Crippen molar-refractivity contribution in [1.29, 1.82) is 0 Å². The van der Waals surface area contributed by atoms with Gasteiger partial charge in [0.1, 0.15) is 11.3 Å². The number of nitrogens with two attached hydrogens (primary N) is 1. The molecule has 1 rings (SSSR count). The first-order chi connectivity index (χ1) is 7.69. The fraction of sp³-hybridized carbons (Fsp3) is 0.250. The SMILES string of the molecule is COc1cc(C#CCCN)ccc1C(=O)O. The summed E-state index contributed by atoms with van der Waals surface area (Å²) in [4.78, 5) is 10.8. The zero-order chi connectivity index (χ0) is 12.0. The Morgan fingerprint density at radius 3 is 2.88 bits per heavy atom. The number of carboxylic acid groups (broad SMARTS) is 1. The highest BCUT2D eigenvalue weighted by Gasteiger charge is 2.10. The first-order valence-electron chi connectivity index (χ1n) is 4.79. The van der Waals surface area contributed by atoms with Crippen molar-refractivity contribution in [2.75, 3.05) is 13.7 Å². The minimum Gasteiger partial charge on any atom is -0.496 e. The number of rotatable bonds is 3. The summed E-state index contributed by atoms with van der Waals surface area (Å²) in [6, 6.07) is 4.73. The minimum atomic E-state index is -1.02. The molecule has 0 aliphatic heterocycles. The van der Waals surface area contributed by atoms with Crippen LogP contribution < -0.4 is 10.5 Å². The lowest BCUT2D eigenvalue weighted by molar-refractivity contribution is 0.0693. The van der Waals surface area contributed by atoms with Crippen LogP contribution in [0.25, 0.3) is 0 Å². The second-order valence-electron chi connectivity index (χ2n) is 3.06. The molecule has 4 nitrogen and oxygen atoms in total. The van der Waals surface area contributed by atoms with Gasteiger partial charge in [-0.1, -0.05) is 11.8 Å². The summed E-state index contributed by atoms with van der Waals surface area (Å²) in [5.74, 6) is 5.05. The van der Waals surface area contributed by atoms with E-state index >= 15 is 0 Å². The van der Waals surface area contributed by atoms with E-state index in [-0.39, 0.29) is 5.56 Å². The molecule has 0 saturated carbocycles. The number of carbonyl (C=O) groups is 1. The predicted molar refractivity (Wildman–Crippen MR) is 60.5 cm³/mol. The lowest BCUT2D eigenvalue weighted by Gasteiger charge is -2.04. The van der Waals surface area contributed by atoms with Gasteiger partial charge in [0.25, 0.3) is 0 Å². The summed E-state index contributed by atoms with van der Waals surface area (Å²) in [6.07, 6.45) is 0.614. The van der Waals surface area contributed by atoms with Crippen LogP contribution in [0.5, 0.6) is 5.75 Å². The number of hydrogen-bond acceptors (Lipinski definition) is 3. The fourth-order valence-electron chi connectivity index (χ4n) is 1.18. The third-order valence-electron chi connectivity index (χ3n) is 1.93. The molecule has 3 N–H and O–H groups in total. The van der Waals surface area contributed by atoms with Crippen LogP contribution in [0.2, 0.25) is 0 Å². The van der Waals surface area contributed by atoms with E-state index in [1.54, 1.807) is 12.1 Å². The van der Waals surface area contributed by atoms with E-state index in [2.05, 4.69) is 11.8 Å². The Morgan fingerprint density at radius 1 is 1.56 bits per heavy atom. The highest BCUT2D eigenvalue weighted by atomic mass is 16.5. The van der Waals surface area contributed by atoms with Gasteiger partial charge < -0.3 is 15.6 Å². The van der Waals surface area contributed by atoms with Crippen LogP contribution in [0, 0.1) is 11.8 Å². The lowest BCUT2D eigenvalue weighted by Crippen LogP contribution is -2.00. The van der Waals surface area contributed by atoms with Crippen LogP contribution in [0.1, 0.15) is 22.3 Å². The van der Waals surface area contributed by atoms with Gasteiger partial charge >= 0.3 is 5.97 Å². The Kier molecular flexibility index (Phi) is 4.37. The van der Waals surface area contributed by atoms with E-state index < -0.39 is 5.97 Å². The number of ether oxygens (including phenoxy) is 1. The zero-order valence-corrected chi connectivity index (χ0v) is 8.99. The molecule has 1 aromatic rings. The summed E-state index contributed by atoms with van der Waals surface area (Å²) < 4.78 is 4.98. The zero-order valence-electron chi connectivity index (χ0n) is 8.99. The molecule has 0 unspecified atom stereocenters. The van der Waals surface area contributed by atoms with Crippen molar-refractivity contribution in [3.63, 3.8) is 0 Å². The maximum absolute atomic E-state index is 10.8. The quantitative estimate of drug-likeness (QED) is 0.746. The standard InChI is InChI=1S/C12H13NO3/c1-16-11-8-9(4-2-3-7-13)5-6-10(11)12(14)15/h5-6,8H,3,7,13H2,1H3,(H,14,15). The Bertz CT molecular complexity index is 443. The van der Waals surface area contributed by atoms with Crippen molar-refractivity contribution < 1.29 is 14.6 Å². The van der Waals surface area contributed by atoms with E-state index in [1.807, 2.05) is 0 Å².